The quantitative estimate of drug-likeness (QED) is 0.309. The van der Waals surface area contributed by atoms with Gasteiger partial charge < -0.3 is 18.9 Å². The second kappa shape index (κ2) is 12.2. The lowest BCUT2D eigenvalue weighted by molar-refractivity contribution is -0.149. The van der Waals surface area contributed by atoms with Crippen molar-refractivity contribution in [3.8, 4) is 0 Å². The summed E-state index contributed by atoms with van der Waals surface area (Å²) in [7, 11) is -1.16. The molecule has 0 aliphatic carbocycles. The van der Waals surface area contributed by atoms with E-state index < -0.39 is 8.07 Å². The van der Waals surface area contributed by atoms with Crippen LogP contribution < -0.4 is 0 Å². The van der Waals surface area contributed by atoms with Crippen molar-refractivity contribution in [3.05, 3.63) is 35.9 Å². The van der Waals surface area contributed by atoms with E-state index in [4.69, 9.17) is 18.9 Å². The number of ether oxygens (including phenoxy) is 4. The van der Waals surface area contributed by atoms with E-state index in [1.807, 2.05) is 30.3 Å². The van der Waals surface area contributed by atoms with Crippen LogP contribution >= 0.6 is 0 Å². The van der Waals surface area contributed by atoms with Crippen molar-refractivity contribution in [2.24, 2.45) is 0 Å². The summed E-state index contributed by atoms with van der Waals surface area (Å²) in [6.45, 7) is 9.68. The molecule has 0 spiro atoms. The van der Waals surface area contributed by atoms with Gasteiger partial charge in [-0.2, -0.15) is 0 Å². The zero-order valence-electron chi connectivity index (χ0n) is 15.1. The molecule has 6 heteroatoms. The lowest BCUT2D eigenvalue weighted by atomic mass is 10.2. The smallest absolute Gasteiger partial charge is 0.332 e. The predicted octanol–water partition coefficient (Wildman–Crippen LogP) is 3.12. The second-order valence-electron chi connectivity index (χ2n) is 6.73. The van der Waals surface area contributed by atoms with E-state index in [1.54, 1.807) is 0 Å². The molecule has 24 heavy (non-hydrogen) atoms. The molecule has 0 aliphatic heterocycles. The third kappa shape index (κ3) is 12.2. The normalized spacial score (nSPS) is 11.5. The minimum Gasteiger partial charge on any atom is -0.464 e. The molecule has 136 valence electrons. The van der Waals surface area contributed by atoms with E-state index in [-0.39, 0.29) is 12.6 Å². The molecule has 0 N–H and O–H groups in total. The van der Waals surface area contributed by atoms with E-state index in [0.29, 0.717) is 39.6 Å². The summed E-state index contributed by atoms with van der Waals surface area (Å²) in [6.07, 6.45) is 0. The summed E-state index contributed by atoms with van der Waals surface area (Å²) < 4.78 is 21.2. The summed E-state index contributed by atoms with van der Waals surface area (Å²) >= 11 is 0. The first-order valence-corrected chi connectivity index (χ1v) is 12.1. The summed E-state index contributed by atoms with van der Waals surface area (Å²) in [4.78, 5) is 11.4. The van der Waals surface area contributed by atoms with Crippen molar-refractivity contribution in [1.29, 1.82) is 0 Å². The molecule has 0 heterocycles. The van der Waals surface area contributed by atoms with Gasteiger partial charge in [0, 0.05) is 8.07 Å². The maximum absolute atomic E-state index is 11.4. The molecule has 0 atom stereocenters. The number of esters is 1. The Labute approximate surface area is 146 Å². The van der Waals surface area contributed by atoms with Crippen LogP contribution in [0.4, 0.5) is 0 Å². The van der Waals surface area contributed by atoms with Crippen LogP contribution in [0.1, 0.15) is 5.56 Å². The molecule has 0 saturated carbocycles. The first kappa shape index (κ1) is 20.8. The second-order valence-corrected chi connectivity index (χ2v) is 12.4. The summed E-state index contributed by atoms with van der Waals surface area (Å²) in [6, 6.07) is 11.0. The lowest BCUT2D eigenvalue weighted by Gasteiger charge is -2.15. The Morgan fingerprint density at radius 3 is 2.17 bits per heavy atom. The van der Waals surface area contributed by atoms with Gasteiger partial charge in [-0.3, -0.25) is 0 Å². The van der Waals surface area contributed by atoms with Crippen LogP contribution in [0, 0.1) is 0 Å². The first-order valence-electron chi connectivity index (χ1n) is 8.40. The van der Waals surface area contributed by atoms with Crippen molar-refractivity contribution in [2.45, 2.75) is 32.3 Å². The van der Waals surface area contributed by atoms with Crippen molar-refractivity contribution in [1.82, 2.24) is 0 Å². The third-order valence-electron chi connectivity index (χ3n) is 3.19. The van der Waals surface area contributed by atoms with Gasteiger partial charge in [-0.15, -0.1) is 0 Å². The van der Waals surface area contributed by atoms with Gasteiger partial charge in [-0.25, -0.2) is 4.79 Å². The van der Waals surface area contributed by atoms with Crippen LogP contribution in [-0.2, 0) is 30.3 Å². The number of benzene rings is 1. The van der Waals surface area contributed by atoms with Gasteiger partial charge >= 0.3 is 5.97 Å². The fourth-order valence-corrected chi connectivity index (χ4v) is 2.48. The molecule has 1 rings (SSSR count). The molecule has 0 saturated heterocycles. The average molecular weight is 355 g/mol. The number of rotatable bonds is 13. The highest BCUT2D eigenvalue weighted by Crippen LogP contribution is 2.07. The van der Waals surface area contributed by atoms with Gasteiger partial charge in [0.15, 0.2) is 0 Å². The zero-order chi connectivity index (χ0) is 17.7. The minimum absolute atomic E-state index is 0.0143. The van der Waals surface area contributed by atoms with Gasteiger partial charge in [-0.05, 0) is 11.6 Å². The number of hydrogen-bond acceptors (Lipinski definition) is 5. The monoisotopic (exact) mass is 354 g/mol. The van der Waals surface area contributed by atoms with E-state index in [9.17, 15) is 4.79 Å². The molecule has 0 fully saturated rings. The molecule has 0 unspecified atom stereocenters. The van der Waals surface area contributed by atoms with Gasteiger partial charge in [0.2, 0.25) is 0 Å². The molecule has 0 aliphatic rings. The van der Waals surface area contributed by atoms with Gasteiger partial charge in [0.05, 0.1) is 39.6 Å². The van der Waals surface area contributed by atoms with Crippen molar-refractivity contribution >= 4 is 14.0 Å². The zero-order valence-corrected chi connectivity index (χ0v) is 16.1. The van der Waals surface area contributed by atoms with Crippen LogP contribution in [-0.4, -0.2) is 53.7 Å². The summed E-state index contributed by atoms with van der Waals surface area (Å²) in [5, 5.41) is 0. The highest BCUT2D eigenvalue weighted by Gasteiger charge is 2.13. The van der Waals surface area contributed by atoms with Crippen LogP contribution in [0.2, 0.25) is 25.7 Å². The van der Waals surface area contributed by atoms with E-state index in [1.165, 1.54) is 0 Å². The van der Waals surface area contributed by atoms with Crippen LogP contribution in [0.5, 0.6) is 0 Å². The fourth-order valence-electron chi connectivity index (χ4n) is 1.77. The lowest BCUT2D eigenvalue weighted by Crippen LogP contribution is -2.24. The number of hydrogen-bond donors (Lipinski definition) is 0. The standard InChI is InChI=1S/C18H30O5Si/c1-24(2,3)14-13-23-18(19)16-22-12-10-20-9-11-21-15-17-7-5-4-6-8-17/h4-8H,9-16H2,1-3H3. The Kier molecular flexibility index (Phi) is 10.6. The van der Waals surface area contributed by atoms with Gasteiger partial charge in [-0.1, -0.05) is 50.0 Å². The van der Waals surface area contributed by atoms with Crippen LogP contribution in [0.25, 0.3) is 0 Å². The topological polar surface area (TPSA) is 54.0 Å². The average Bonchev–Trinajstić information content (AvgIpc) is 2.53. The molecular weight excluding hydrogens is 324 g/mol. The highest BCUT2D eigenvalue weighted by molar-refractivity contribution is 6.76. The molecule has 0 radical (unpaired) electrons. The van der Waals surface area contributed by atoms with Gasteiger partial charge in [0.25, 0.3) is 0 Å². The third-order valence-corrected chi connectivity index (χ3v) is 4.89. The Bertz CT molecular complexity index is 444. The Morgan fingerprint density at radius 1 is 0.875 bits per heavy atom. The Morgan fingerprint density at radius 2 is 1.50 bits per heavy atom. The number of carbonyl (C=O) groups excluding carboxylic acids is 1. The maximum atomic E-state index is 11.4. The number of carbonyl (C=O) groups is 1. The van der Waals surface area contributed by atoms with E-state index >= 15 is 0 Å². The molecule has 1 aromatic carbocycles. The molecule has 0 amide bonds. The Balaban J connectivity index is 1.85. The van der Waals surface area contributed by atoms with Gasteiger partial charge in [0.1, 0.15) is 6.61 Å². The molecular formula is C18H30O5Si. The van der Waals surface area contributed by atoms with E-state index in [2.05, 4.69) is 19.6 Å². The van der Waals surface area contributed by atoms with Crippen molar-refractivity contribution in [3.63, 3.8) is 0 Å². The summed E-state index contributed by atoms with van der Waals surface area (Å²) in [5.74, 6) is -0.306. The van der Waals surface area contributed by atoms with Crippen molar-refractivity contribution < 1.29 is 23.7 Å². The van der Waals surface area contributed by atoms with Crippen LogP contribution in [0.3, 0.4) is 0 Å². The SMILES string of the molecule is C[Si](C)(C)CCOC(=O)COCCOCCOCc1ccccc1. The molecule has 5 nitrogen and oxygen atoms in total. The largest absolute Gasteiger partial charge is 0.464 e. The maximum Gasteiger partial charge on any atom is 0.332 e. The first-order chi connectivity index (χ1) is 11.5. The van der Waals surface area contributed by atoms with Crippen LogP contribution in [0.15, 0.2) is 30.3 Å². The molecule has 0 aromatic heterocycles. The van der Waals surface area contributed by atoms with E-state index in [0.717, 1.165) is 11.6 Å². The Hall–Kier alpha value is -1.21. The minimum atomic E-state index is -1.16. The molecule has 0 bridgehead atoms. The highest BCUT2D eigenvalue weighted by atomic mass is 28.3. The molecule has 1 aromatic rings. The predicted molar refractivity (Wildman–Crippen MR) is 96.8 cm³/mol. The fraction of sp³-hybridized carbons (Fsp3) is 0.611. The van der Waals surface area contributed by atoms with Crippen molar-refractivity contribution in [2.75, 3.05) is 39.6 Å². The summed E-state index contributed by atoms with van der Waals surface area (Å²) in [5.41, 5.74) is 1.15.